The second kappa shape index (κ2) is 7.56. The van der Waals surface area contributed by atoms with Crippen LogP contribution in [0.1, 0.15) is 17.2 Å². The zero-order valence-corrected chi connectivity index (χ0v) is 12.2. The summed E-state index contributed by atoms with van der Waals surface area (Å²) >= 11 is 0. The van der Waals surface area contributed by atoms with Crippen molar-refractivity contribution in [1.29, 1.82) is 0 Å². The first-order valence-corrected chi connectivity index (χ1v) is 6.81. The second-order valence-corrected chi connectivity index (χ2v) is 4.75. The molecule has 1 N–H and O–H groups in total. The number of aliphatic hydroxyl groups excluding tert-OH is 1. The molecule has 0 aliphatic heterocycles. The number of carbonyl (C=O) groups is 1. The average Bonchev–Trinajstić information content (AvgIpc) is 2.54. The van der Waals surface area contributed by atoms with Crippen molar-refractivity contribution in [2.75, 3.05) is 13.7 Å². The predicted molar refractivity (Wildman–Crippen MR) is 79.0 cm³/mol. The van der Waals surface area contributed by atoms with Gasteiger partial charge < -0.3 is 14.6 Å². The summed E-state index contributed by atoms with van der Waals surface area (Å²) in [6.07, 6.45) is -0.856. The maximum Gasteiger partial charge on any atom is 0.309 e. The van der Waals surface area contributed by atoms with Crippen molar-refractivity contribution in [2.45, 2.75) is 12.5 Å². The molecule has 0 radical (unpaired) electrons. The summed E-state index contributed by atoms with van der Waals surface area (Å²) in [6, 6.07) is 12.9. The van der Waals surface area contributed by atoms with E-state index in [9.17, 15) is 14.3 Å². The van der Waals surface area contributed by atoms with Crippen molar-refractivity contribution in [1.82, 2.24) is 0 Å². The molecule has 0 saturated heterocycles. The van der Waals surface area contributed by atoms with Gasteiger partial charge in [0.25, 0.3) is 0 Å². The van der Waals surface area contributed by atoms with Gasteiger partial charge in [-0.25, -0.2) is 4.39 Å². The SMILES string of the molecule is COC(=O)Cc1ccc(OCC(O)c2ccccc2F)cc1. The summed E-state index contributed by atoms with van der Waals surface area (Å²) in [4.78, 5) is 11.1. The highest BCUT2D eigenvalue weighted by Crippen LogP contribution is 2.19. The molecule has 5 heteroatoms. The van der Waals surface area contributed by atoms with E-state index in [0.717, 1.165) is 5.56 Å². The topological polar surface area (TPSA) is 55.8 Å². The van der Waals surface area contributed by atoms with E-state index in [4.69, 9.17) is 4.74 Å². The third-order valence-electron chi connectivity index (χ3n) is 3.17. The largest absolute Gasteiger partial charge is 0.491 e. The lowest BCUT2D eigenvalue weighted by atomic mass is 10.1. The molecule has 116 valence electrons. The maximum atomic E-state index is 13.5. The van der Waals surface area contributed by atoms with E-state index in [1.54, 1.807) is 36.4 Å². The summed E-state index contributed by atoms with van der Waals surface area (Å²) in [7, 11) is 1.34. The normalized spacial score (nSPS) is 11.8. The number of methoxy groups -OCH3 is 1. The number of carbonyl (C=O) groups excluding carboxylic acids is 1. The van der Waals surface area contributed by atoms with Gasteiger partial charge in [0.05, 0.1) is 13.5 Å². The lowest BCUT2D eigenvalue weighted by Crippen LogP contribution is -2.11. The number of ether oxygens (including phenoxy) is 2. The van der Waals surface area contributed by atoms with Crippen LogP contribution in [-0.4, -0.2) is 24.8 Å². The molecule has 2 aromatic rings. The van der Waals surface area contributed by atoms with Crippen molar-refractivity contribution >= 4 is 5.97 Å². The van der Waals surface area contributed by atoms with Gasteiger partial charge in [0.2, 0.25) is 0 Å². The molecule has 0 heterocycles. The van der Waals surface area contributed by atoms with Crippen LogP contribution in [0.3, 0.4) is 0 Å². The quantitative estimate of drug-likeness (QED) is 0.834. The van der Waals surface area contributed by atoms with Crippen molar-refractivity contribution in [3.63, 3.8) is 0 Å². The minimum atomic E-state index is -1.05. The van der Waals surface area contributed by atoms with Crippen molar-refractivity contribution < 1.29 is 23.8 Å². The van der Waals surface area contributed by atoms with Gasteiger partial charge in [0.1, 0.15) is 24.3 Å². The van der Waals surface area contributed by atoms with Gasteiger partial charge in [-0.15, -0.1) is 0 Å². The Morgan fingerprint density at radius 1 is 1.18 bits per heavy atom. The van der Waals surface area contributed by atoms with Gasteiger partial charge >= 0.3 is 5.97 Å². The number of aliphatic hydroxyl groups is 1. The molecule has 2 rings (SSSR count). The number of esters is 1. The number of benzene rings is 2. The fourth-order valence-corrected chi connectivity index (χ4v) is 1.95. The van der Waals surface area contributed by atoms with Crippen LogP contribution in [0.2, 0.25) is 0 Å². The van der Waals surface area contributed by atoms with Crippen LogP contribution in [0.5, 0.6) is 5.75 Å². The molecule has 1 atom stereocenters. The van der Waals surface area contributed by atoms with Crippen molar-refractivity contribution in [2.24, 2.45) is 0 Å². The summed E-state index contributed by atoms with van der Waals surface area (Å²) in [5.74, 6) is -0.250. The summed E-state index contributed by atoms with van der Waals surface area (Å²) < 4.78 is 23.5. The van der Waals surface area contributed by atoms with Crippen molar-refractivity contribution in [3.05, 3.63) is 65.5 Å². The number of rotatable bonds is 6. The first kappa shape index (κ1) is 16.0. The van der Waals surface area contributed by atoms with E-state index in [1.165, 1.54) is 19.2 Å². The lowest BCUT2D eigenvalue weighted by Gasteiger charge is -2.13. The van der Waals surface area contributed by atoms with Crippen molar-refractivity contribution in [3.8, 4) is 5.75 Å². The van der Waals surface area contributed by atoms with E-state index in [1.807, 2.05) is 0 Å². The minimum Gasteiger partial charge on any atom is -0.491 e. The van der Waals surface area contributed by atoms with Crippen LogP contribution < -0.4 is 4.74 Å². The van der Waals surface area contributed by atoms with Gasteiger partial charge in [0.15, 0.2) is 0 Å². The molecule has 22 heavy (non-hydrogen) atoms. The van der Waals surface area contributed by atoms with E-state index in [0.29, 0.717) is 5.75 Å². The molecule has 1 unspecified atom stereocenters. The Labute approximate surface area is 128 Å². The first-order chi connectivity index (χ1) is 10.6. The van der Waals surface area contributed by atoms with E-state index < -0.39 is 11.9 Å². The third-order valence-corrected chi connectivity index (χ3v) is 3.17. The average molecular weight is 304 g/mol. The second-order valence-electron chi connectivity index (χ2n) is 4.75. The lowest BCUT2D eigenvalue weighted by molar-refractivity contribution is -0.139. The Bertz CT molecular complexity index is 625. The Balaban J connectivity index is 1.92. The molecule has 0 aliphatic carbocycles. The van der Waals surface area contributed by atoms with Crippen LogP contribution in [0.4, 0.5) is 4.39 Å². The van der Waals surface area contributed by atoms with Crippen LogP contribution >= 0.6 is 0 Å². The predicted octanol–water partition coefficient (Wildman–Crippen LogP) is 2.65. The zero-order chi connectivity index (χ0) is 15.9. The summed E-state index contributed by atoms with van der Waals surface area (Å²) in [5.41, 5.74) is 0.999. The molecular formula is C17H17FO4. The van der Waals surface area contributed by atoms with Crippen LogP contribution in [0.25, 0.3) is 0 Å². The fourth-order valence-electron chi connectivity index (χ4n) is 1.95. The van der Waals surface area contributed by atoms with Gasteiger partial charge in [-0.2, -0.15) is 0 Å². The molecule has 0 aromatic heterocycles. The molecule has 0 bridgehead atoms. The van der Waals surface area contributed by atoms with Gasteiger partial charge in [-0.1, -0.05) is 30.3 Å². The summed E-state index contributed by atoms with van der Waals surface area (Å²) in [6.45, 7) is -0.0583. The molecule has 2 aromatic carbocycles. The number of halogens is 1. The third kappa shape index (κ3) is 4.30. The van der Waals surface area contributed by atoms with Gasteiger partial charge in [-0.05, 0) is 23.8 Å². The molecule has 0 fully saturated rings. The standard InChI is InChI=1S/C17H17FO4/c1-21-17(20)10-12-6-8-13(9-7-12)22-11-16(19)14-4-2-3-5-15(14)18/h2-9,16,19H,10-11H2,1H3. The number of hydrogen-bond acceptors (Lipinski definition) is 4. The van der Waals surface area contributed by atoms with E-state index in [-0.39, 0.29) is 24.6 Å². The summed E-state index contributed by atoms with van der Waals surface area (Å²) in [5, 5.41) is 9.94. The van der Waals surface area contributed by atoms with E-state index >= 15 is 0 Å². The Kier molecular flexibility index (Phi) is 5.49. The molecule has 0 spiro atoms. The highest BCUT2D eigenvalue weighted by Gasteiger charge is 2.13. The Hall–Kier alpha value is -2.40. The molecule has 4 nitrogen and oxygen atoms in total. The Morgan fingerprint density at radius 3 is 2.50 bits per heavy atom. The zero-order valence-electron chi connectivity index (χ0n) is 12.2. The van der Waals surface area contributed by atoms with Gasteiger partial charge in [-0.3, -0.25) is 4.79 Å². The number of hydrogen-bond donors (Lipinski definition) is 1. The molecule has 0 amide bonds. The van der Waals surface area contributed by atoms with Crippen LogP contribution in [0.15, 0.2) is 48.5 Å². The molecular weight excluding hydrogens is 287 g/mol. The Morgan fingerprint density at radius 2 is 1.86 bits per heavy atom. The van der Waals surface area contributed by atoms with Crippen LogP contribution in [-0.2, 0) is 16.0 Å². The highest BCUT2D eigenvalue weighted by molar-refractivity contribution is 5.72. The highest BCUT2D eigenvalue weighted by atomic mass is 19.1. The maximum absolute atomic E-state index is 13.5. The monoisotopic (exact) mass is 304 g/mol. The smallest absolute Gasteiger partial charge is 0.309 e. The first-order valence-electron chi connectivity index (χ1n) is 6.81. The molecule has 0 saturated carbocycles. The van der Waals surface area contributed by atoms with Crippen LogP contribution in [0, 0.1) is 5.82 Å². The van der Waals surface area contributed by atoms with E-state index in [2.05, 4.69) is 4.74 Å². The minimum absolute atomic E-state index is 0.0583. The van der Waals surface area contributed by atoms with Gasteiger partial charge in [0, 0.05) is 5.56 Å². The fraction of sp³-hybridized carbons (Fsp3) is 0.235. The molecule has 0 aliphatic rings.